The molecule has 9 N–H and O–H groups in total. The van der Waals surface area contributed by atoms with E-state index < -0.39 is 91.9 Å². The van der Waals surface area contributed by atoms with E-state index in [0.29, 0.717) is 25.7 Å². The second kappa shape index (κ2) is 15.3. The third-order valence-corrected chi connectivity index (χ3v) is 14.7. The van der Waals surface area contributed by atoms with Crippen molar-refractivity contribution in [2.75, 3.05) is 13.2 Å². The molecule has 3 saturated carbocycles. The summed E-state index contributed by atoms with van der Waals surface area (Å²) in [6.07, 6.45) is -6.59. The highest BCUT2D eigenvalue weighted by atomic mass is 16.8. The molecule has 0 aromatic rings. The van der Waals surface area contributed by atoms with Gasteiger partial charge in [-0.15, -0.1) is 0 Å². The van der Waals surface area contributed by atoms with Gasteiger partial charge in [-0.3, -0.25) is 4.79 Å². The van der Waals surface area contributed by atoms with Crippen LogP contribution < -0.4 is 0 Å². The Morgan fingerprint density at radius 3 is 2.15 bits per heavy atom. The van der Waals surface area contributed by atoms with Crippen molar-refractivity contribution in [3.8, 4) is 0 Å². The molecule has 2 heterocycles. The summed E-state index contributed by atoms with van der Waals surface area (Å²) in [6, 6.07) is 0. The fourth-order valence-electron chi connectivity index (χ4n) is 11.3. The van der Waals surface area contributed by atoms with Gasteiger partial charge in [0.15, 0.2) is 18.4 Å². The number of allylic oxidation sites excluding steroid dienone is 1. The molecule has 0 spiro atoms. The molecule has 14 heteroatoms. The smallest absolute Gasteiger partial charge is 0.187 e. The van der Waals surface area contributed by atoms with Crippen molar-refractivity contribution < 1.29 is 69.7 Å². The predicted octanol–water partition coefficient (Wildman–Crippen LogP) is 0.446. The molecule has 0 unspecified atom stereocenters. The summed E-state index contributed by atoms with van der Waals surface area (Å²) in [5, 5.41) is 95.1. The maximum atomic E-state index is 13.5. The first-order valence-electron chi connectivity index (χ1n) is 19.7. The third-order valence-electron chi connectivity index (χ3n) is 14.7. The average Bonchev–Trinajstić information content (AvgIpc) is 3.39. The highest BCUT2D eigenvalue weighted by molar-refractivity contribution is 5.95. The number of aliphatic hydroxyl groups excluding tert-OH is 8. The molecule has 0 radical (unpaired) electrons. The van der Waals surface area contributed by atoms with Crippen molar-refractivity contribution in [1.82, 2.24) is 0 Å². The zero-order chi connectivity index (χ0) is 38.8. The number of hydrogen-bond donors (Lipinski definition) is 9. The van der Waals surface area contributed by atoms with Crippen LogP contribution in [-0.2, 0) is 23.7 Å². The van der Waals surface area contributed by atoms with E-state index in [-0.39, 0.29) is 40.3 Å². The number of ether oxygens (including phenoxy) is 4. The first-order valence-corrected chi connectivity index (χ1v) is 19.7. The highest BCUT2D eigenvalue weighted by Crippen LogP contribution is 2.68. The fraction of sp³-hybridized carbons (Fsp3) is 0.923. The monoisotopic (exact) mass is 756 g/mol. The summed E-state index contributed by atoms with van der Waals surface area (Å²) in [7, 11) is 0. The molecule has 53 heavy (non-hydrogen) atoms. The molecule has 4 aliphatic carbocycles. The number of ketones is 1. The molecule has 5 fully saturated rings. The van der Waals surface area contributed by atoms with Crippen LogP contribution >= 0.6 is 0 Å². The molecular weight excluding hydrogens is 692 g/mol. The molecule has 6 rings (SSSR count). The third kappa shape index (κ3) is 7.21. The Balaban J connectivity index is 1.10. The van der Waals surface area contributed by atoms with E-state index in [1.54, 1.807) is 6.08 Å². The summed E-state index contributed by atoms with van der Waals surface area (Å²) < 4.78 is 23.5. The maximum Gasteiger partial charge on any atom is 0.187 e. The van der Waals surface area contributed by atoms with Crippen LogP contribution in [0.15, 0.2) is 11.6 Å². The Kier molecular flexibility index (Phi) is 12.0. The summed E-state index contributed by atoms with van der Waals surface area (Å²) in [5.41, 5.74) is -1.65. The maximum absolute atomic E-state index is 13.5. The molecule has 0 aromatic heterocycles. The number of fused-ring (bicyclic) bond motifs is 5. The molecule has 0 bridgehead atoms. The zero-order valence-electron chi connectivity index (χ0n) is 31.8. The van der Waals surface area contributed by atoms with Crippen LogP contribution in [0.2, 0.25) is 0 Å². The van der Waals surface area contributed by atoms with Crippen molar-refractivity contribution in [2.45, 2.75) is 178 Å². The lowest BCUT2D eigenvalue weighted by atomic mass is 9.46. The number of carbonyl (C=O) groups is 1. The minimum Gasteiger partial charge on any atom is -0.394 e. The van der Waals surface area contributed by atoms with Crippen LogP contribution in [0.3, 0.4) is 0 Å². The SMILES string of the molecule is C[C@H](CCCC(C)(C)O[C@@H]1O[C@H](CO)[C@@H](O)[C@H](O)[C@H]1O[C@@H]1O[C@H](CO)[C@@H](O)[C@H](O)[C@H]1O)[C@H]1CC[C@@]2(O)C3=CC(=O)[C@@H]4C[C@@H](O)CC[C@]4(C)[C@H]3CC[C@]12C. The van der Waals surface area contributed by atoms with Gasteiger partial charge < -0.3 is 64.9 Å². The lowest BCUT2D eigenvalue weighted by Gasteiger charge is -2.59. The van der Waals surface area contributed by atoms with Crippen molar-refractivity contribution >= 4 is 5.78 Å². The normalized spacial score (nSPS) is 49.5. The van der Waals surface area contributed by atoms with Gasteiger partial charge in [-0.2, -0.15) is 0 Å². The lowest BCUT2D eigenvalue weighted by molar-refractivity contribution is -0.377. The average molecular weight is 757 g/mol. The standard InChI is InChI=1S/C39H64O14/c1-19(21-10-14-39(49)23-16-25(43)24-15-20(42)8-12-37(24,4)22(23)9-13-38(21,39)5)7-6-11-36(2,3)53-35-33(31(47)29(45)27(18-41)51-35)52-34-32(48)30(46)28(44)26(17-40)50-34/h16,19-22,24,26-35,40-42,44-49H,6-15,17-18H2,1-5H3/t19-,20+,21-,22+,24+,26-,27-,28-,29-,30+,31+,32-,33-,34+,35+,37-,38-,39-/m1/s1. The van der Waals surface area contributed by atoms with Crippen LogP contribution in [0.25, 0.3) is 0 Å². The van der Waals surface area contributed by atoms with Crippen molar-refractivity contribution in [3.63, 3.8) is 0 Å². The number of carbonyl (C=O) groups excluding carboxylic acids is 1. The lowest BCUT2D eigenvalue weighted by Crippen LogP contribution is -2.65. The Hall–Kier alpha value is -1.11. The second-order valence-electron chi connectivity index (χ2n) is 18.3. The Labute approximate surface area is 312 Å². The van der Waals surface area contributed by atoms with Crippen LogP contribution in [0.1, 0.15) is 98.8 Å². The van der Waals surface area contributed by atoms with Crippen LogP contribution in [0.4, 0.5) is 0 Å². The molecule has 0 aromatic carbocycles. The van der Waals surface area contributed by atoms with E-state index in [1.165, 1.54) is 0 Å². The first-order chi connectivity index (χ1) is 24.8. The Bertz CT molecular complexity index is 1340. The predicted molar refractivity (Wildman–Crippen MR) is 188 cm³/mol. The van der Waals surface area contributed by atoms with Crippen LogP contribution in [0, 0.1) is 34.5 Å². The molecule has 6 aliphatic rings. The highest BCUT2D eigenvalue weighted by Gasteiger charge is 2.66. The summed E-state index contributed by atoms with van der Waals surface area (Å²) in [5.74, 6) is 0.448. The number of aliphatic hydroxyl groups is 9. The van der Waals surface area contributed by atoms with Gasteiger partial charge in [-0.1, -0.05) is 33.6 Å². The van der Waals surface area contributed by atoms with Gasteiger partial charge in [0.1, 0.15) is 48.8 Å². The van der Waals surface area contributed by atoms with Gasteiger partial charge in [-0.25, -0.2) is 0 Å². The second-order valence-corrected chi connectivity index (χ2v) is 18.3. The molecule has 304 valence electrons. The largest absolute Gasteiger partial charge is 0.394 e. The summed E-state index contributed by atoms with van der Waals surface area (Å²) >= 11 is 0. The molecular formula is C39H64O14. The van der Waals surface area contributed by atoms with Crippen LogP contribution in [0.5, 0.6) is 0 Å². The molecule has 18 atom stereocenters. The van der Waals surface area contributed by atoms with E-state index in [2.05, 4.69) is 20.8 Å². The van der Waals surface area contributed by atoms with Crippen molar-refractivity contribution in [1.29, 1.82) is 0 Å². The van der Waals surface area contributed by atoms with Gasteiger partial charge >= 0.3 is 0 Å². The molecule has 0 amide bonds. The summed E-state index contributed by atoms with van der Waals surface area (Å²) in [6.45, 7) is 9.00. The van der Waals surface area contributed by atoms with Gasteiger partial charge in [0.25, 0.3) is 0 Å². The Morgan fingerprint density at radius 1 is 0.849 bits per heavy atom. The van der Waals surface area contributed by atoms with E-state index in [1.807, 2.05) is 13.8 Å². The minimum atomic E-state index is -1.76. The van der Waals surface area contributed by atoms with E-state index in [4.69, 9.17) is 18.9 Å². The van der Waals surface area contributed by atoms with Gasteiger partial charge in [0, 0.05) is 11.3 Å². The molecule has 14 nitrogen and oxygen atoms in total. The topological polar surface area (TPSA) is 236 Å². The first kappa shape index (κ1) is 41.5. The van der Waals surface area contributed by atoms with Crippen LogP contribution in [-0.4, -0.2) is 144 Å². The zero-order valence-corrected chi connectivity index (χ0v) is 31.8. The summed E-state index contributed by atoms with van der Waals surface area (Å²) in [4.78, 5) is 13.5. The fourth-order valence-corrected chi connectivity index (χ4v) is 11.3. The van der Waals surface area contributed by atoms with E-state index in [0.717, 1.165) is 44.1 Å². The minimum absolute atomic E-state index is 0.0454. The quantitative estimate of drug-likeness (QED) is 0.139. The van der Waals surface area contributed by atoms with E-state index >= 15 is 0 Å². The molecule has 2 saturated heterocycles. The van der Waals surface area contributed by atoms with Crippen molar-refractivity contribution in [3.05, 3.63) is 11.6 Å². The van der Waals surface area contributed by atoms with Gasteiger partial charge in [0.05, 0.1) is 30.5 Å². The Morgan fingerprint density at radius 2 is 1.49 bits per heavy atom. The number of hydrogen-bond acceptors (Lipinski definition) is 14. The van der Waals surface area contributed by atoms with Gasteiger partial charge in [0.2, 0.25) is 0 Å². The van der Waals surface area contributed by atoms with Crippen molar-refractivity contribution in [2.24, 2.45) is 34.5 Å². The van der Waals surface area contributed by atoms with E-state index in [9.17, 15) is 50.8 Å². The number of rotatable bonds is 11. The van der Waals surface area contributed by atoms with Gasteiger partial charge in [-0.05, 0) is 100 Å². The molecule has 2 aliphatic heterocycles.